The lowest BCUT2D eigenvalue weighted by Gasteiger charge is -2.09. The number of alkyl halides is 3. The molecule has 5 nitrogen and oxygen atoms in total. The third kappa shape index (κ3) is 3.65. The van der Waals surface area contributed by atoms with Crippen LogP contribution in [0.4, 0.5) is 13.2 Å². The van der Waals surface area contributed by atoms with Crippen LogP contribution in [0.5, 0.6) is 5.75 Å². The zero-order valence-electron chi connectivity index (χ0n) is 9.17. The number of nitrogens with one attached hydrogen (secondary N) is 2. The van der Waals surface area contributed by atoms with E-state index in [9.17, 15) is 22.8 Å². The van der Waals surface area contributed by atoms with Crippen molar-refractivity contribution in [2.45, 2.75) is 6.18 Å². The number of methoxy groups -OCH3 is 1. The topological polar surface area (TPSA) is 67.4 Å². The van der Waals surface area contributed by atoms with Crippen molar-refractivity contribution in [1.82, 2.24) is 10.9 Å². The highest BCUT2D eigenvalue weighted by molar-refractivity contribution is 5.95. The highest BCUT2D eigenvalue weighted by Gasteiger charge is 2.38. The average Bonchev–Trinajstić information content (AvgIpc) is 2.34. The van der Waals surface area contributed by atoms with Gasteiger partial charge in [-0.2, -0.15) is 13.2 Å². The first kappa shape index (κ1) is 13.8. The standard InChI is InChI=1S/C10H9F3N2O3/c1-18-7-4-2-6(3-5-7)8(16)14-15-9(17)10(11,12)13/h2-5H,1H3,(H,14,16)(H,15,17). The normalized spacial score (nSPS) is 10.7. The molecule has 0 heterocycles. The summed E-state index contributed by atoms with van der Waals surface area (Å²) in [6, 6.07) is 5.60. The van der Waals surface area contributed by atoms with Crippen LogP contribution in [0.25, 0.3) is 0 Å². The van der Waals surface area contributed by atoms with E-state index < -0.39 is 18.0 Å². The Hall–Kier alpha value is -2.25. The molecule has 0 aliphatic heterocycles. The van der Waals surface area contributed by atoms with E-state index in [2.05, 4.69) is 0 Å². The molecule has 0 atom stereocenters. The van der Waals surface area contributed by atoms with E-state index in [1.165, 1.54) is 36.8 Å². The molecule has 2 amide bonds. The van der Waals surface area contributed by atoms with E-state index in [4.69, 9.17) is 4.74 Å². The maximum atomic E-state index is 11.8. The van der Waals surface area contributed by atoms with Crippen LogP contribution in [-0.4, -0.2) is 25.1 Å². The Kier molecular flexibility index (Phi) is 4.13. The molecule has 0 saturated heterocycles. The SMILES string of the molecule is COc1ccc(C(=O)NNC(=O)C(F)(F)F)cc1. The first-order valence-electron chi connectivity index (χ1n) is 4.66. The number of benzene rings is 1. The lowest BCUT2D eigenvalue weighted by Crippen LogP contribution is -2.47. The number of hydrogen-bond donors (Lipinski definition) is 2. The molecule has 0 saturated carbocycles. The Morgan fingerprint density at radius 3 is 2.11 bits per heavy atom. The number of halogens is 3. The number of amides is 2. The van der Waals surface area contributed by atoms with Crippen molar-refractivity contribution in [2.24, 2.45) is 0 Å². The molecule has 0 aliphatic rings. The van der Waals surface area contributed by atoms with Gasteiger partial charge in [0.15, 0.2) is 0 Å². The Bertz CT molecular complexity index is 443. The minimum atomic E-state index is -5.05. The number of carbonyl (C=O) groups excluding carboxylic acids is 2. The van der Waals surface area contributed by atoms with Gasteiger partial charge in [-0.25, -0.2) is 0 Å². The van der Waals surface area contributed by atoms with E-state index in [-0.39, 0.29) is 5.56 Å². The quantitative estimate of drug-likeness (QED) is 0.782. The molecular formula is C10H9F3N2O3. The molecule has 2 N–H and O–H groups in total. The van der Waals surface area contributed by atoms with Crippen molar-refractivity contribution in [2.75, 3.05) is 7.11 Å². The number of hydrogen-bond acceptors (Lipinski definition) is 3. The summed E-state index contributed by atoms with van der Waals surface area (Å²) in [5, 5.41) is 0. The fourth-order valence-electron chi connectivity index (χ4n) is 0.999. The molecule has 1 aromatic carbocycles. The highest BCUT2D eigenvalue weighted by atomic mass is 19.4. The van der Waals surface area contributed by atoms with Crippen LogP contribution in [0.15, 0.2) is 24.3 Å². The summed E-state index contributed by atoms with van der Waals surface area (Å²) in [5.41, 5.74) is 2.98. The summed E-state index contributed by atoms with van der Waals surface area (Å²) in [7, 11) is 1.43. The van der Waals surface area contributed by atoms with Crippen molar-refractivity contribution < 1.29 is 27.5 Å². The van der Waals surface area contributed by atoms with Crippen molar-refractivity contribution in [3.05, 3.63) is 29.8 Å². The minimum absolute atomic E-state index is 0.0817. The first-order valence-corrected chi connectivity index (χ1v) is 4.66. The van der Waals surface area contributed by atoms with Crippen LogP contribution < -0.4 is 15.6 Å². The van der Waals surface area contributed by atoms with E-state index in [0.29, 0.717) is 5.75 Å². The molecule has 98 valence electrons. The van der Waals surface area contributed by atoms with Gasteiger partial charge in [-0.15, -0.1) is 0 Å². The van der Waals surface area contributed by atoms with Gasteiger partial charge in [0.1, 0.15) is 5.75 Å². The third-order valence-electron chi connectivity index (χ3n) is 1.90. The van der Waals surface area contributed by atoms with Gasteiger partial charge in [0, 0.05) is 5.56 Å². The molecule has 0 aliphatic carbocycles. The predicted molar refractivity (Wildman–Crippen MR) is 54.7 cm³/mol. The van der Waals surface area contributed by atoms with Gasteiger partial charge in [-0.3, -0.25) is 20.4 Å². The molecule has 0 unspecified atom stereocenters. The van der Waals surface area contributed by atoms with Gasteiger partial charge in [0.05, 0.1) is 7.11 Å². The Balaban J connectivity index is 2.58. The van der Waals surface area contributed by atoms with Crippen LogP contribution in [0, 0.1) is 0 Å². The van der Waals surface area contributed by atoms with Crippen LogP contribution in [0.1, 0.15) is 10.4 Å². The van der Waals surface area contributed by atoms with E-state index in [1.54, 1.807) is 5.43 Å². The average molecular weight is 262 g/mol. The number of ether oxygens (including phenoxy) is 1. The summed E-state index contributed by atoms with van der Waals surface area (Å²) in [6.45, 7) is 0. The molecule has 0 aromatic heterocycles. The van der Waals surface area contributed by atoms with Crippen molar-refractivity contribution in [3.8, 4) is 5.75 Å². The van der Waals surface area contributed by atoms with E-state index in [0.717, 1.165) is 0 Å². The molecule has 0 radical (unpaired) electrons. The number of rotatable bonds is 2. The maximum absolute atomic E-state index is 11.8. The monoisotopic (exact) mass is 262 g/mol. The molecule has 0 spiro atoms. The molecule has 18 heavy (non-hydrogen) atoms. The Morgan fingerprint density at radius 2 is 1.67 bits per heavy atom. The van der Waals surface area contributed by atoms with Gasteiger partial charge in [-0.1, -0.05) is 0 Å². The van der Waals surface area contributed by atoms with E-state index >= 15 is 0 Å². The van der Waals surface area contributed by atoms with Crippen LogP contribution in [0.2, 0.25) is 0 Å². The van der Waals surface area contributed by atoms with Crippen molar-refractivity contribution >= 4 is 11.8 Å². The molecule has 0 fully saturated rings. The van der Waals surface area contributed by atoms with Crippen LogP contribution >= 0.6 is 0 Å². The summed E-state index contributed by atoms with van der Waals surface area (Å²) in [4.78, 5) is 21.8. The Morgan fingerprint density at radius 1 is 1.11 bits per heavy atom. The second-order valence-electron chi connectivity index (χ2n) is 3.13. The highest BCUT2D eigenvalue weighted by Crippen LogP contribution is 2.14. The van der Waals surface area contributed by atoms with Gasteiger partial charge >= 0.3 is 12.1 Å². The zero-order chi connectivity index (χ0) is 13.8. The molecule has 1 rings (SSSR count). The molecular weight excluding hydrogens is 253 g/mol. The molecule has 1 aromatic rings. The fraction of sp³-hybridized carbons (Fsp3) is 0.200. The minimum Gasteiger partial charge on any atom is -0.497 e. The summed E-state index contributed by atoms with van der Waals surface area (Å²) in [6.07, 6.45) is -5.05. The van der Waals surface area contributed by atoms with Gasteiger partial charge in [-0.05, 0) is 24.3 Å². The predicted octanol–water partition coefficient (Wildman–Crippen LogP) is 1.02. The third-order valence-corrected chi connectivity index (χ3v) is 1.90. The number of carbonyl (C=O) groups is 2. The molecule has 0 bridgehead atoms. The fourth-order valence-corrected chi connectivity index (χ4v) is 0.999. The lowest BCUT2D eigenvalue weighted by molar-refractivity contribution is -0.174. The van der Waals surface area contributed by atoms with Crippen molar-refractivity contribution in [1.29, 1.82) is 0 Å². The summed E-state index contributed by atoms with van der Waals surface area (Å²) < 4.78 is 40.3. The second-order valence-corrected chi connectivity index (χ2v) is 3.13. The first-order chi connectivity index (χ1) is 8.34. The number of hydrazine groups is 1. The smallest absolute Gasteiger partial charge is 0.472 e. The maximum Gasteiger partial charge on any atom is 0.472 e. The summed E-state index contributed by atoms with van der Waals surface area (Å²) in [5.74, 6) is -2.62. The zero-order valence-corrected chi connectivity index (χ0v) is 9.17. The second kappa shape index (κ2) is 5.39. The van der Waals surface area contributed by atoms with Gasteiger partial charge in [0.25, 0.3) is 5.91 Å². The van der Waals surface area contributed by atoms with Crippen LogP contribution in [0.3, 0.4) is 0 Å². The van der Waals surface area contributed by atoms with Gasteiger partial charge < -0.3 is 4.74 Å². The van der Waals surface area contributed by atoms with Gasteiger partial charge in [0.2, 0.25) is 0 Å². The van der Waals surface area contributed by atoms with E-state index in [1.807, 2.05) is 0 Å². The molecule has 8 heteroatoms. The Labute approximate surface area is 99.9 Å². The van der Waals surface area contributed by atoms with Crippen LogP contribution in [-0.2, 0) is 4.79 Å². The lowest BCUT2D eigenvalue weighted by atomic mass is 10.2. The van der Waals surface area contributed by atoms with Crippen molar-refractivity contribution in [3.63, 3.8) is 0 Å². The largest absolute Gasteiger partial charge is 0.497 e. The summed E-state index contributed by atoms with van der Waals surface area (Å²) >= 11 is 0.